The Morgan fingerprint density at radius 3 is 2.50 bits per heavy atom. The number of hydrogen-bond donors (Lipinski definition) is 2. The summed E-state index contributed by atoms with van der Waals surface area (Å²) in [5.41, 5.74) is 9.33. The first-order valence-corrected chi connectivity index (χ1v) is 11.8. The van der Waals surface area contributed by atoms with Crippen molar-refractivity contribution in [2.24, 2.45) is 11.7 Å². The van der Waals surface area contributed by atoms with Gasteiger partial charge in [-0.25, -0.2) is 0 Å². The lowest BCUT2D eigenvalue weighted by molar-refractivity contribution is -0.130. The first-order valence-electron chi connectivity index (χ1n) is 11.8. The Kier molecular flexibility index (Phi) is 8.89. The van der Waals surface area contributed by atoms with Crippen molar-refractivity contribution in [1.29, 1.82) is 0 Å². The molecule has 2 aromatic carbocycles. The number of likely N-dealkylation sites (tertiary alicyclic amines) is 1. The predicted octanol–water partition coefficient (Wildman–Crippen LogP) is 3.47. The maximum absolute atomic E-state index is 13.2. The topological polar surface area (TPSA) is 78.7 Å². The number of likely N-dealkylation sites (N-methyl/N-ethyl adjacent to an activating group) is 1. The predicted molar refractivity (Wildman–Crippen MR) is 137 cm³/mol. The van der Waals surface area contributed by atoms with Gasteiger partial charge in [-0.2, -0.15) is 0 Å². The number of carbonyl (C=O) groups is 2. The van der Waals surface area contributed by atoms with E-state index < -0.39 is 5.92 Å². The fourth-order valence-electron chi connectivity index (χ4n) is 4.65. The molecule has 0 radical (unpaired) electrons. The Morgan fingerprint density at radius 1 is 1.12 bits per heavy atom. The lowest BCUT2D eigenvalue weighted by Crippen LogP contribution is -2.39. The fourth-order valence-corrected chi connectivity index (χ4v) is 4.65. The molecule has 1 atom stereocenters. The molecule has 0 bridgehead atoms. The third kappa shape index (κ3) is 5.86. The molecule has 2 heterocycles. The van der Waals surface area contributed by atoms with Crippen LogP contribution in [0.2, 0.25) is 0 Å². The Hall–Kier alpha value is -3.56. The lowest BCUT2D eigenvalue weighted by atomic mass is 9.89. The van der Waals surface area contributed by atoms with Crippen molar-refractivity contribution in [2.75, 3.05) is 38.5 Å². The smallest absolute Gasteiger partial charge is 0.253 e. The van der Waals surface area contributed by atoms with Gasteiger partial charge < -0.3 is 20.9 Å². The van der Waals surface area contributed by atoms with Gasteiger partial charge in [-0.1, -0.05) is 36.4 Å². The Morgan fingerprint density at radius 2 is 1.82 bits per heavy atom. The summed E-state index contributed by atoms with van der Waals surface area (Å²) in [6.45, 7) is 2.46. The second-order valence-corrected chi connectivity index (χ2v) is 8.76. The van der Waals surface area contributed by atoms with Crippen LogP contribution in [0.5, 0.6) is 0 Å². The zero-order valence-electron chi connectivity index (χ0n) is 19.8. The average molecular weight is 459 g/mol. The monoisotopic (exact) mass is 458 g/mol. The molecular weight excluding hydrogens is 424 g/mol. The van der Waals surface area contributed by atoms with Crippen LogP contribution in [0, 0.1) is 18.8 Å². The van der Waals surface area contributed by atoms with Crippen molar-refractivity contribution >= 4 is 17.5 Å². The number of piperidine rings is 1. The number of anilines is 1. The summed E-state index contributed by atoms with van der Waals surface area (Å²) in [4.78, 5) is 29.8. The van der Waals surface area contributed by atoms with Crippen LogP contribution < -0.4 is 11.1 Å². The molecule has 2 amide bonds. The number of hydrogen-bond acceptors (Lipinski definition) is 4. The van der Waals surface area contributed by atoms with Crippen molar-refractivity contribution in [3.05, 3.63) is 77.5 Å². The van der Waals surface area contributed by atoms with Gasteiger partial charge in [-0.05, 0) is 60.7 Å². The highest BCUT2D eigenvalue weighted by atomic mass is 16.2. The van der Waals surface area contributed by atoms with Gasteiger partial charge >= 0.3 is 0 Å². The minimum Gasteiger partial charge on any atom is -0.362 e. The maximum atomic E-state index is 13.2. The van der Waals surface area contributed by atoms with E-state index in [0.717, 1.165) is 43.6 Å². The van der Waals surface area contributed by atoms with E-state index in [0.29, 0.717) is 24.6 Å². The van der Waals surface area contributed by atoms with Crippen LogP contribution >= 0.6 is 0 Å². The number of nitrogens with two attached hydrogens (primary N) is 1. The second kappa shape index (κ2) is 12.1. The van der Waals surface area contributed by atoms with Crippen molar-refractivity contribution < 1.29 is 9.59 Å². The highest BCUT2D eigenvalue weighted by Gasteiger charge is 2.28. The zero-order valence-corrected chi connectivity index (χ0v) is 19.8. The first-order chi connectivity index (χ1) is 16.6. The van der Waals surface area contributed by atoms with Gasteiger partial charge in [0.2, 0.25) is 5.91 Å². The van der Waals surface area contributed by atoms with E-state index in [2.05, 4.69) is 42.4 Å². The first kappa shape index (κ1) is 25.1. The molecule has 0 aromatic heterocycles. The van der Waals surface area contributed by atoms with E-state index in [1.807, 2.05) is 35.2 Å². The standard InChI is InChI=1S/C26H32N4O2.C2H2/c1-29(16-12-27)26(32)22-9-13-28-24-8-7-21(18-23(22)24)25(31)30-14-10-20(11-15-30)17-19-5-3-2-4-6-19;1-2/h2-9,13,18,20,22,28H,10-12,14-17,27H2,1H3;1-2H. The molecule has 1 saturated heterocycles. The molecule has 3 N–H and O–H groups in total. The molecule has 6 nitrogen and oxygen atoms in total. The quantitative estimate of drug-likeness (QED) is 0.650. The summed E-state index contributed by atoms with van der Waals surface area (Å²) < 4.78 is 0. The van der Waals surface area contributed by atoms with Gasteiger partial charge in [0.25, 0.3) is 5.91 Å². The molecule has 0 saturated carbocycles. The van der Waals surface area contributed by atoms with E-state index in [4.69, 9.17) is 5.73 Å². The van der Waals surface area contributed by atoms with E-state index in [1.165, 1.54) is 5.56 Å². The number of rotatable bonds is 6. The van der Waals surface area contributed by atoms with Gasteiger partial charge in [0.15, 0.2) is 0 Å². The molecule has 0 spiro atoms. The van der Waals surface area contributed by atoms with Crippen molar-refractivity contribution in [3.8, 4) is 12.8 Å². The number of nitrogens with one attached hydrogen (secondary N) is 1. The van der Waals surface area contributed by atoms with Crippen LogP contribution in [0.15, 0.2) is 60.8 Å². The molecule has 2 aliphatic heterocycles. The normalized spacial score (nSPS) is 17.1. The number of terminal acetylenes is 1. The molecule has 0 aliphatic carbocycles. The van der Waals surface area contributed by atoms with E-state index in [-0.39, 0.29) is 11.8 Å². The zero-order chi connectivity index (χ0) is 24.5. The number of nitrogens with zero attached hydrogens (tertiary/aromatic N) is 2. The van der Waals surface area contributed by atoms with Gasteiger partial charge in [0, 0.05) is 44.5 Å². The molecule has 1 fully saturated rings. The van der Waals surface area contributed by atoms with Gasteiger partial charge in [-0.15, -0.1) is 12.8 Å². The van der Waals surface area contributed by atoms with Crippen LogP contribution in [0.3, 0.4) is 0 Å². The second-order valence-electron chi connectivity index (χ2n) is 8.76. The molecule has 178 valence electrons. The minimum atomic E-state index is -0.410. The number of amides is 2. The number of fused-ring (bicyclic) bond motifs is 1. The van der Waals surface area contributed by atoms with Crippen LogP contribution in [0.25, 0.3) is 0 Å². The molecular formula is C28H34N4O2. The van der Waals surface area contributed by atoms with E-state index in [9.17, 15) is 9.59 Å². The highest BCUT2D eigenvalue weighted by Crippen LogP contribution is 2.32. The summed E-state index contributed by atoms with van der Waals surface area (Å²) in [7, 11) is 1.76. The van der Waals surface area contributed by atoms with Crippen molar-refractivity contribution in [3.63, 3.8) is 0 Å². The van der Waals surface area contributed by atoms with Gasteiger partial charge in [0.05, 0.1) is 5.92 Å². The van der Waals surface area contributed by atoms with E-state index >= 15 is 0 Å². The summed E-state index contributed by atoms with van der Waals surface area (Å²) in [5, 5.41) is 3.19. The molecule has 1 unspecified atom stereocenters. The Balaban J connectivity index is 0.00000158. The largest absolute Gasteiger partial charge is 0.362 e. The lowest BCUT2D eigenvalue weighted by Gasteiger charge is -2.32. The Bertz CT molecular complexity index is 1020. The number of carbonyl (C=O) groups excluding carboxylic acids is 2. The van der Waals surface area contributed by atoms with Crippen molar-refractivity contribution in [1.82, 2.24) is 9.80 Å². The Labute approximate surface area is 202 Å². The maximum Gasteiger partial charge on any atom is 0.253 e. The average Bonchev–Trinajstić information content (AvgIpc) is 2.89. The van der Waals surface area contributed by atoms with Crippen LogP contribution in [-0.4, -0.2) is 54.8 Å². The van der Waals surface area contributed by atoms with E-state index in [1.54, 1.807) is 18.1 Å². The summed E-state index contributed by atoms with van der Waals surface area (Å²) in [5.74, 6) is 0.231. The summed E-state index contributed by atoms with van der Waals surface area (Å²) in [6.07, 6.45) is 14.7. The third-order valence-electron chi connectivity index (χ3n) is 6.54. The van der Waals surface area contributed by atoms with Crippen LogP contribution in [-0.2, 0) is 11.2 Å². The third-order valence-corrected chi connectivity index (χ3v) is 6.54. The van der Waals surface area contributed by atoms with Gasteiger partial charge in [0.1, 0.15) is 0 Å². The minimum absolute atomic E-state index is 0.0132. The SMILES string of the molecule is C#C.CN(CCN)C(=O)C1C=CNc2ccc(C(=O)N3CCC(Cc4ccccc4)CC3)cc21. The summed E-state index contributed by atoms with van der Waals surface area (Å²) >= 11 is 0. The summed E-state index contributed by atoms with van der Waals surface area (Å²) in [6, 6.07) is 16.2. The highest BCUT2D eigenvalue weighted by molar-refractivity contribution is 5.96. The molecule has 2 aliphatic rings. The van der Waals surface area contributed by atoms with Gasteiger partial charge in [-0.3, -0.25) is 9.59 Å². The number of benzene rings is 2. The molecule has 4 rings (SSSR count). The van der Waals surface area contributed by atoms with Crippen LogP contribution in [0.1, 0.15) is 40.2 Å². The molecule has 34 heavy (non-hydrogen) atoms. The molecule has 6 heteroatoms. The molecule has 2 aromatic rings. The van der Waals surface area contributed by atoms with Crippen molar-refractivity contribution in [2.45, 2.75) is 25.2 Å². The fraction of sp³-hybridized carbons (Fsp3) is 0.357. The van der Waals surface area contributed by atoms with Crippen LogP contribution in [0.4, 0.5) is 5.69 Å².